The zero-order valence-corrected chi connectivity index (χ0v) is 20.9. The number of anilines is 1. The molecule has 9 heteroatoms. The third-order valence-corrected chi connectivity index (χ3v) is 6.80. The van der Waals surface area contributed by atoms with Crippen molar-refractivity contribution in [3.63, 3.8) is 0 Å². The van der Waals surface area contributed by atoms with Crippen molar-refractivity contribution in [3.8, 4) is 17.2 Å². The van der Waals surface area contributed by atoms with Crippen LogP contribution in [0, 0.1) is 0 Å². The highest BCUT2D eigenvalue weighted by Crippen LogP contribution is 2.39. The Morgan fingerprint density at radius 1 is 1.15 bits per heavy atom. The molecule has 1 aliphatic rings. The lowest BCUT2D eigenvalue weighted by molar-refractivity contribution is -0.128. The SMILES string of the molecule is COc1ccc(OC)c(C(C)NC(=O)C2CN(S(C)(=O)=O)c3cc(C(C)(C)C)ccc3O2)c1. The summed E-state index contributed by atoms with van der Waals surface area (Å²) in [6.07, 6.45) is 0.122. The Morgan fingerprint density at radius 2 is 1.85 bits per heavy atom. The molecule has 0 radical (unpaired) electrons. The van der Waals surface area contributed by atoms with E-state index in [1.165, 1.54) is 4.31 Å². The summed E-state index contributed by atoms with van der Waals surface area (Å²) in [7, 11) is -0.517. The summed E-state index contributed by atoms with van der Waals surface area (Å²) in [6, 6.07) is 10.3. The third-order valence-electron chi connectivity index (χ3n) is 5.65. The fraction of sp³-hybridized carbons (Fsp3) is 0.458. The molecule has 1 heterocycles. The summed E-state index contributed by atoms with van der Waals surface area (Å²) in [6.45, 7) is 7.85. The molecule has 33 heavy (non-hydrogen) atoms. The van der Waals surface area contributed by atoms with Gasteiger partial charge in [0.1, 0.15) is 17.2 Å². The van der Waals surface area contributed by atoms with Gasteiger partial charge in [0.05, 0.1) is 38.7 Å². The first-order valence-corrected chi connectivity index (χ1v) is 12.5. The average Bonchev–Trinajstić information content (AvgIpc) is 2.75. The molecular formula is C24H32N2O6S. The van der Waals surface area contributed by atoms with Gasteiger partial charge in [-0.15, -0.1) is 0 Å². The van der Waals surface area contributed by atoms with E-state index >= 15 is 0 Å². The van der Waals surface area contributed by atoms with Gasteiger partial charge in [0.2, 0.25) is 10.0 Å². The molecule has 0 aliphatic carbocycles. The fourth-order valence-corrected chi connectivity index (χ4v) is 4.64. The van der Waals surface area contributed by atoms with Crippen LogP contribution < -0.4 is 23.8 Å². The van der Waals surface area contributed by atoms with E-state index < -0.39 is 28.1 Å². The maximum atomic E-state index is 13.1. The minimum Gasteiger partial charge on any atom is -0.497 e. The fourth-order valence-electron chi connectivity index (χ4n) is 3.73. The largest absolute Gasteiger partial charge is 0.497 e. The summed E-state index contributed by atoms with van der Waals surface area (Å²) in [5.74, 6) is 1.16. The number of hydrogen-bond acceptors (Lipinski definition) is 6. The molecule has 0 saturated heterocycles. The van der Waals surface area contributed by atoms with Crippen LogP contribution in [0.25, 0.3) is 0 Å². The van der Waals surface area contributed by atoms with E-state index in [9.17, 15) is 13.2 Å². The van der Waals surface area contributed by atoms with Gasteiger partial charge in [-0.05, 0) is 48.2 Å². The normalized spacial score (nSPS) is 16.9. The van der Waals surface area contributed by atoms with Crippen molar-refractivity contribution in [1.82, 2.24) is 5.32 Å². The second-order valence-electron chi connectivity index (χ2n) is 9.17. The summed E-state index contributed by atoms with van der Waals surface area (Å²) in [4.78, 5) is 13.1. The highest BCUT2D eigenvalue weighted by molar-refractivity contribution is 7.92. The Kier molecular flexibility index (Phi) is 6.83. The zero-order valence-electron chi connectivity index (χ0n) is 20.1. The number of methoxy groups -OCH3 is 2. The lowest BCUT2D eigenvalue weighted by Gasteiger charge is -2.35. The van der Waals surface area contributed by atoms with Gasteiger partial charge in [-0.3, -0.25) is 9.10 Å². The highest BCUT2D eigenvalue weighted by atomic mass is 32.2. The number of nitrogens with zero attached hydrogens (tertiary/aromatic N) is 1. The molecule has 3 rings (SSSR count). The maximum Gasteiger partial charge on any atom is 0.263 e. The molecule has 2 unspecified atom stereocenters. The number of sulfonamides is 1. The van der Waals surface area contributed by atoms with Gasteiger partial charge in [-0.2, -0.15) is 0 Å². The van der Waals surface area contributed by atoms with Crippen LogP contribution in [0.5, 0.6) is 17.2 Å². The van der Waals surface area contributed by atoms with Gasteiger partial charge < -0.3 is 19.5 Å². The predicted molar refractivity (Wildman–Crippen MR) is 128 cm³/mol. The number of ether oxygens (including phenoxy) is 3. The molecular weight excluding hydrogens is 444 g/mol. The Bertz CT molecular complexity index is 1140. The van der Waals surface area contributed by atoms with Crippen molar-refractivity contribution in [3.05, 3.63) is 47.5 Å². The van der Waals surface area contributed by atoms with Crippen molar-refractivity contribution in [2.24, 2.45) is 0 Å². The molecule has 0 saturated carbocycles. The van der Waals surface area contributed by atoms with Crippen molar-refractivity contribution in [1.29, 1.82) is 0 Å². The smallest absolute Gasteiger partial charge is 0.263 e. The first-order valence-electron chi connectivity index (χ1n) is 10.7. The number of fused-ring (bicyclic) bond motifs is 1. The third kappa shape index (κ3) is 5.35. The number of carbonyl (C=O) groups excluding carboxylic acids is 1. The van der Waals surface area contributed by atoms with Crippen molar-refractivity contribution < 1.29 is 27.4 Å². The highest BCUT2D eigenvalue weighted by Gasteiger charge is 2.36. The predicted octanol–water partition coefficient (Wildman–Crippen LogP) is 3.41. The lowest BCUT2D eigenvalue weighted by atomic mass is 9.86. The van der Waals surface area contributed by atoms with Crippen molar-refractivity contribution in [2.75, 3.05) is 31.3 Å². The second-order valence-corrected chi connectivity index (χ2v) is 11.1. The van der Waals surface area contributed by atoms with E-state index in [0.717, 1.165) is 17.4 Å². The van der Waals surface area contributed by atoms with Crippen molar-refractivity contribution >= 4 is 21.6 Å². The second kappa shape index (κ2) is 9.13. The van der Waals surface area contributed by atoms with Gasteiger partial charge in [-0.1, -0.05) is 26.8 Å². The van der Waals surface area contributed by atoms with Crippen LogP contribution in [-0.4, -0.2) is 47.4 Å². The van der Waals surface area contributed by atoms with Gasteiger partial charge in [0.15, 0.2) is 6.10 Å². The monoisotopic (exact) mass is 476 g/mol. The van der Waals surface area contributed by atoms with E-state index in [-0.39, 0.29) is 12.0 Å². The average molecular weight is 477 g/mol. The number of rotatable bonds is 6. The topological polar surface area (TPSA) is 94.2 Å². The van der Waals surface area contributed by atoms with Crippen LogP contribution in [0.1, 0.15) is 44.9 Å². The van der Waals surface area contributed by atoms with Gasteiger partial charge in [0.25, 0.3) is 5.91 Å². The van der Waals surface area contributed by atoms with Gasteiger partial charge in [0, 0.05) is 5.56 Å². The standard InChI is InChI=1S/C24H32N2O6S/c1-15(18-13-17(30-5)9-11-20(18)31-6)25-23(27)22-14-26(33(7,28)29)19-12-16(24(2,3)4)8-10-21(19)32-22/h8-13,15,22H,14H2,1-7H3,(H,25,27). The number of nitrogens with one attached hydrogen (secondary N) is 1. The lowest BCUT2D eigenvalue weighted by Crippen LogP contribution is -2.51. The summed E-state index contributed by atoms with van der Waals surface area (Å²) in [5, 5.41) is 2.91. The van der Waals surface area contributed by atoms with E-state index in [1.807, 2.05) is 39.8 Å². The van der Waals surface area contributed by atoms with Crippen LogP contribution >= 0.6 is 0 Å². The zero-order chi connectivity index (χ0) is 24.6. The summed E-state index contributed by atoms with van der Waals surface area (Å²) in [5.41, 5.74) is 1.98. The van der Waals surface area contributed by atoms with Gasteiger partial charge >= 0.3 is 0 Å². The first-order chi connectivity index (χ1) is 15.3. The molecule has 0 fully saturated rings. The summed E-state index contributed by atoms with van der Waals surface area (Å²) < 4.78 is 43.1. The Hall–Kier alpha value is -2.94. The van der Waals surface area contributed by atoms with Crippen molar-refractivity contribution in [2.45, 2.75) is 45.3 Å². The minimum absolute atomic E-state index is 0.118. The van der Waals surface area contributed by atoms with Gasteiger partial charge in [-0.25, -0.2) is 8.42 Å². The van der Waals surface area contributed by atoms with E-state index in [2.05, 4.69) is 5.32 Å². The van der Waals surface area contributed by atoms with Crippen LogP contribution in [-0.2, 0) is 20.2 Å². The molecule has 1 aliphatic heterocycles. The quantitative estimate of drug-likeness (QED) is 0.687. The van der Waals surface area contributed by atoms with E-state index in [0.29, 0.717) is 22.9 Å². The van der Waals surface area contributed by atoms with E-state index in [1.54, 1.807) is 38.5 Å². The first kappa shape index (κ1) is 24.7. The van der Waals surface area contributed by atoms with Crippen LogP contribution in [0.3, 0.4) is 0 Å². The van der Waals surface area contributed by atoms with Crippen LogP contribution in [0.2, 0.25) is 0 Å². The molecule has 1 amide bonds. The van der Waals surface area contributed by atoms with Crippen LogP contribution in [0.15, 0.2) is 36.4 Å². The molecule has 180 valence electrons. The molecule has 2 aromatic rings. The summed E-state index contributed by atoms with van der Waals surface area (Å²) >= 11 is 0. The number of hydrogen-bond donors (Lipinski definition) is 1. The molecule has 0 spiro atoms. The number of amides is 1. The minimum atomic E-state index is -3.63. The molecule has 1 N–H and O–H groups in total. The maximum absolute atomic E-state index is 13.1. The molecule has 2 atom stereocenters. The molecule has 0 aromatic heterocycles. The number of carbonyl (C=O) groups is 1. The Labute approximate surface area is 195 Å². The Balaban J connectivity index is 1.88. The van der Waals surface area contributed by atoms with Crippen LogP contribution in [0.4, 0.5) is 5.69 Å². The molecule has 2 aromatic carbocycles. The Morgan fingerprint density at radius 3 is 2.42 bits per heavy atom. The molecule has 0 bridgehead atoms. The number of benzene rings is 2. The molecule has 8 nitrogen and oxygen atoms in total. The van der Waals surface area contributed by atoms with E-state index in [4.69, 9.17) is 14.2 Å².